The minimum atomic E-state index is -4.11. The van der Waals surface area contributed by atoms with Gasteiger partial charge in [0.2, 0.25) is 0 Å². The van der Waals surface area contributed by atoms with Crippen LogP contribution in [-0.4, -0.2) is 81.7 Å². The molecular formula is C18H33F3N4O2. The lowest BCUT2D eigenvalue weighted by atomic mass is 9.84. The number of hydrogen-bond acceptors (Lipinski definition) is 4. The van der Waals surface area contributed by atoms with Gasteiger partial charge in [0.15, 0.2) is 5.96 Å². The quantitative estimate of drug-likeness (QED) is 0.431. The van der Waals surface area contributed by atoms with Crippen molar-refractivity contribution in [2.75, 3.05) is 59.6 Å². The van der Waals surface area contributed by atoms with Gasteiger partial charge in [0, 0.05) is 38.8 Å². The van der Waals surface area contributed by atoms with Gasteiger partial charge in [-0.25, -0.2) is 0 Å². The lowest BCUT2D eigenvalue weighted by molar-refractivity contribution is -0.148. The molecule has 2 heterocycles. The minimum absolute atomic E-state index is 0.0440. The van der Waals surface area contributed by atoms with Gasteiger partial charge in [-0.05, 0) is 51.1 Å². The summed E-state index contributed by atoms with van der Waals surface area (Å²) in [6.45, 7) is 3.19. The second-order valence-electron chi connectivity index (χ2n) is 7.75. The van der Waals surface area contributed by atoms with Crippen molar-refractivity contribution >= 4 is 5.96 Å². The fourth-order valence-electron chi connectivity index (χ4n) is 3.88. The molecule has 0 amide bonds. The highest BCUT2D eigenvalue weighted by atomic mass is 19.4. The number of hydrogen-bond donors (Lipinski definition) is 3. The number of rotatable bonds is 8. The Morgan fingerprint density at radius 2 is 2.04 bits per heavy atom. The van der Waals surface area contributed by atoms with Crippen molar-refractivity contribution in [1.82, 2.24) is 15.5 Å². The molecule has 6 nitrogen and oxygen atoms in total. The minimum Gasteiger partial charge on any atom is -0.396 e. The summed E-state index contributed by atoms with van der Waals surface area (Å²) in [5, 5.41) is 15.9. The number of aliphatic hydroxyl groups excluding tert-OH is 1. The predicted molar refractivity (Wildman–Crippen MR) is 98.8 cm³/mol. The normalized spacial score (nSPS) is 25.7. The molecule has 0 aliphatic carbocycles. The number of guanidine groups is 1. The first-order valence-corrected chi connectivity index (χ1v) is 9.78. The molecule has 0 spiro atoms. The van der Waals surface area contributed by atoms with Crippen LogP contribution in [0.25, 0.3) is 0 Å². The molecule has 0 aromatic carbocycles. The average Bonchev–Trinajstić information content (AvgIpc) is 3.07. The Bertz CT molecular complexity index is 460. The molecule has 9 heteroatoms. The van der Waals surface area contributed by atoms with Crippen LogP contribution < -0.4 is 10.6 Å². The van der Waals surface area contributed by atoms with Crippen LogP contribution in [0.2, 0.25) is 0 Å². The monoisotopic (exact) mass is 394 g/mol. The van der Waals surface area contributed by atoms with Gasteiger partial charge in [0.1, 0.15) is 0 Å². The second kappa shape index (κ2) is 10.5. The Balaban J connectivity index is 1.64. The third-order valence-electron chi connectivity index (χ3n) is 5.64. The molecule has 0 aromatic heterocycles. The molecule has 2 rings (SSSR count). The Morgan fingerprint density at radius 1 is 1.30 bits per heavy atom. The molecule has 0 radical (unpaired) electrons. The Kier molecular flexibility index (Phi) is 8.62. The van der Waals surface area contributed by atoms with E-state index >= 15 is 0 Å². The number of aliphatic imine (C=N–C) groups is 1. The molecule has 0 bridgehead atoms. The number of aliphatic hydroxyl groups is 1. The van der Waals surface area contributed by atoms with Crippen LogP contribution in [0.4, 0.5) is 13.2 Å². The molecule has 2 saturated heterocycles. The van der Waals surface area contributed by atoms with E-state index in [0.717, 1.165) is 38.8 Å². The Hall–Kier alpha value is -1.06. The van der Waals surface area contributed by atoms with Crippen molar-refractivity contribution < 1.29 is 23.0 Å². The number of alkyl halides is 3. The predicted octanol–water partition coefficient (Wildman–Crippen LogP) is 1.60. The summed E-state index contributed by atoms with van der Waals surface area (Å²) in [6.07, 6.45) is 0.0543. The molecule has 2 aliphatic rings. The standard InChI is InChI=1S/C18H33F3N4O2/c1-22-16(24-12-17(5-10-26)6-11-27-14-17)23-7-2-15-3-8-25(9-4-15)13-18(19,20)21/h15,26H,2-14H2,1H3,(H2,22,23,24). The van der Waals surface area contributed by atoms with E-state index in [0.29, 0.717) is 44.5 Å². The zero-order chi connectivity index (χ0) is 19.8. The summed E-state index contributed by atoms with van der Waals surface area (Å²) in [5.41, 5.74) is -0.0440. The molecule has 2 fully saturated rings. The molecule has 1 atom stereocenters. The Morgan fingerprint density at radius 3 is 2.59 bits per heavy atom. The van der Waals surface area contributed by atoms with E-state index in [1.54, 1.807) is 7.05 Å². The molecule has 0 aromatic rings. The maximum Gasteiger partial charge on any atom is 0.401 e. The van der Waals surface area contributed by atoms with Crippen LogP contribution in [0.15, 0.2) is 4.99 Å². The summed E-state index contributed by atoms with van der Waals surface area (Å²) in [5.74, 6) is 1.16. The molecular weight excluding hydrogens is 361 g/mol. The SMILES string of the molecule is CN=C(NCCC1CCN(CC(F)(F)F)CC1)NCC1(CCO)CCOC1. The van der Waals surface area contributed by atoms with E-state index in [1.807, 2.05) is 0 Å². The van der Waals surface area contributed by atoms with Crippen LogP contribution in [0.1, 0.15) is 32.1 Å². The summed E-state index contributed by atoms with van der Waals surface area (Å²) in [4.78, 5) is 5.73. The van der Waals surface area contributed by atoms with E-state index in [4.69, 9.17) is 4.74 Å². The average molecular weight is 394 g/mol. The van der Waals surface area contributed by atoms with Gasteiger partial charge >= 0.3 is 6.18 Å². The van der Waals surface area contributed by atoms with Gasteiger partial charge < -0.3 is 20.5 Å². The van der Waals surface area contributed by atoms with Gasteiger partial charge in [-0.2, -0.15) is 13.2 Å². The van der Waals surface area contributed by atoms with Gasteiger partial charge in [0.05, 0.1) is 13.2 Å². The van der Waals surface area contributed by atoms with E-state index < -0.39 is 12.7 Å². The number of ether oxygens (including phenoxy) is 1. The molecule has 27 heavy (non-hydrogen) atoms. The fourth-order valence-corrected chi connectivity index (χ4v) is 3.88. The maximum absolute atomic E-state index is 12.4. The first kappa shape index (κ1) is 22.2. The van der Waals surface area contributed by atoms with Crippen molar-refractivity contribution in [3.8, 4) is 0 Å². The highest BCUT2D eigenvalue weighted by molar-refractivity contribution is 5.79. The number of nitrogens with one attached hydrogen (secondary N) is 2. The zero-order valence-corrected chi connectivity index (χ0v) is 16.2. The fraction of sp³-hybridized carbons (Fsp3) is 0.944. The molecule has 0 saturated carbocycles. The smallest absolute Gasteiger partial charge is 0.396 e. The summed E-state index contributed by atoms with van der Waals surface area (Å²) >= 11 is 0. The van der Waals surface area contributed by atoms with Gasteiger partial charge in [0.25, 0.3) is 0 Å². The number of piperidine rings is 1. The zero-order valence-electron chi connectivity index (χ0n) is 16.2. The summed E-state index contributed by atoms with van der Waals surface area (Å²) in [6, 6.07) is 0. The molecule has 1 unspecified atom stereocenters. The van der Waals surface area contributed by atoms with Crippen LogP contribution >= 0.6 is 0 Å². The Labute approximate surface area is 159 Å². The second-order valence-corrected chi connectivity index (χ2v) is 7.75. The number of halogens is 3. The molecule has 158 valence electrons. The van der Waals surface area contributed by atoms with Crippen molar-refractivity contribution in [2.45, 2.75) is 38.3 Å². The third-order valence-corrected chi connectivity index (χ3v) is 5.64. The van der Waals surface area contributed by atoms with E-state index in [9.17, 15) is 18.3 Å². The topological polar surface area (TPSA) is 69.1 Å². The first-order chi connectivity index (χ1) is 12.9. The first-order valence-electron chi connectivity index (χ1n) is 9.78. The van der Waals surface area contributed by atoms with Crippen LogP contribution in [0, 0.1) is 11.3 Å². The van der Waals surface area contributed by atoms with Gasteiger partial charge in [-0.15, -0.1) is 0 Å². The van der Waals surface area contributed by atoms with Crippen LogP contribution in [-0.2, 0) is 4.74 Å². The van der Waals surface area contributed by atoms with Crippen molar-refractivity contribution in [3.05, 3.63) is 0 Å². The van der Waals surface area contributed by atoms with E-state index in [1.165, 1.54) is 4.90 Å². The largest absolute Gasteiger partial charge is 0.401 e. The van der Waals surface area contributed by atoms with Crippen molar-refractivity contribution in [2.24, 2.45) is 16.3 Å². The van der Waals surface area contributed by atoms with Gasteiger partial charge in [-0.3, -0.25) is 9.89 Å². The highest BCUT2D eigenvalue weighted by Gasteiger charge is 2.34. The third kappa shape index (κ3) is 7.83. The molecule has 2 aliphatic heterocycles. The lowest BCUT2D eigenvalue weighted by Gasteiger charge is -2.32. The summed E-state index contributed by atoms with van der Waals surface area (Å²) in [7, 11) is 1.72. The van der Waals surface area contributed by atoms with Gasteiger partial charge in [-0.1, -0.05) is 0 Å². The summed E-state index contributed by atoms with van der Waals surface area (Å²) < 4.78 is 42.8. The van der Waals surface area contributed by atoms with Crippen LogP contribution in [0.3, 0.4) is 0 Å². The van der Waals surface area contributed by atoms with E-state index in [-0.39, 0.29) is 12.0 Å². The van der Waals surface area contributed by atoms with E-state index in [2.05, 4.69) is 15.6 Å². The number of nitrogens with zero attached hydrogens (tertiary/aromatic N) is 2. The molecule has 3 N–H and O–H groups in total. The van der Waals surface area contributed by atoms with Crippen molar-refractivity contribution in [1.29, 1.82) is 0 Å². The number of likely N-dealkylation sites (tertiary alicyclic amines) is 1. The van der Waals surface area contributed by atoms with Crippen molar-refractivity contribution in [3.63, 3.8) is 0 Å². The van der Waals surface area contributed by atoms with Crippen LogP contribution in [0.5, 0.6) is 0 Å². The highest BCUT2D eigenvalue weighted by Crippen LogP contribution is 2.31. The lowest BCUT2D eigenvalue weighted by Crippen LogP contribution is -2.45. The maximum atomic E-state index is 12.4.